The number of rotatable bonds is 9. The van der Waals surface area contributed by atoms with E-state index in [9.17, 15) is 45.9 Å². The second kappa shape index (κ2) is 15.9. The fraction of sp³-hybridized carbons (Fsp3) is 0.625. The van der Waals surface area contributed by atoms with E-state index in [0.717, 1.165) is 4.90 Å². The Morgan fingerprint density at radius 1 is 1.12 bits per heavy atom. The van der Waals surface area contributed by atoms with Gasteiger partial charge in [0.2, 0.25) is 27.7 Å². The van der Waals surface area contributed by atoms with Crippen LogP contribution in [0.1, 0.15) is 86.5 Å². The molecule has 1 saturated heterocycles. The number of carboxylic acid groups (broad SMARTS) is 1. The summed E-state index contributed by atoms with van der Waals surface area (Å²) in [5, 5.41) is 14.3. The summed E-state index contributed by atoms with van der Waals surface area (Å²) < 4.78 is 82.6. The van der Waals surface area contributed by atoms with Crippen LogP contribution in [-0.4, -0.2) is 105 Å². The van der Waals surface area contributed by atoms with Crippen molar-refractivity contribution >= 4 is 44.6 Å². The number of allylic oxidation sites excluding steroid dienone is 1. The molecule has 318 valence electrons. The number of pyridine rings is 1. The molecule has 1 aromatic heterocycles. The van der Waals surface area contributed by atoms with Crippen molar-refractivity contribution in [1.82, 2.24) is 24.8 Å². The highest BCUT2D eigenvalue weighted by Crippen LogP contribution is 2.48. The first-order valence-corrected chi connectivity index (χ1v) is 21.2. The molecule has 3 fully saturated rings. The highest BCUT2D eigenvalue weighted by Gasteiger charge is 2.63. The first kappa shape index (κ1) is 43.0. The lowest BCUT2D eigenvalue weighted by Crippen LogP contribution is -2.62. The van der Waals surface area contributed by atoms with Crippen molar-refractivity contribution in [3.63, 3.8) is 0 Å². The predicted octanol–water partition coefficient (Wildman–Crippen LogP) is 5.56. The van der Waals surface area contributed by atoms with Gasteiger partial charge < -0.3 is 24.8 Å². The highest BCUT2D eigenvalue weighted by atomic mass is 32.2. The summed E-state index contributed by atoms with van der Waals surface area (Å²) in [5.41, 5.74) is -1.71. The van der Waals surface area contributed by atoms with Crippen LogP contribution < -0.4 is 19.5 Å². The number of hydrogen-bond donors (Lipinski definition) is 3. The maximum absolute atomic E-state index is 14.9. The summed E-state index contributed by atoms with van der Waals surface area (Å²) >= 11 is 0. The molecule has 2 aliphatic carbocycles. The number of sulfonamides is 1. The average Bonchev–Trinajstić information content (AvgIpc) is 4.01. The van der Waals surface area contributed by atoms with Gasteiger partial charge in [-0.1, -0.05) is 26.0 Å². The van der Waals surface area contributed by atoms with E-state index in [4.69, 9.17) is 9.47 Å². The largest absolute Gasteiger partial charge is 0.491 e. The third-order valence-corrected chi connectivity index (χ3v) is 14.1. The molecule has 1 aromatic carbocycles. The first-order valence-electron chi connectivity index (χ1n) is 19.7. The Balaban J connectivity index is 1.40. The monoisotopic (exact) mass is 835 g/mol. The number of benzene rings is 1. The Labute approximate surface area is 335 Å². The zero-order valence-corrected chi connectivity index (χ0v) is 34.2. The van der Waals surface area contributed by atoms with Crippen molar-refractivity contribution in [3.05, 3.63) is 42.6 Å². The summed E-state index contributed by atoms with van der Waals surface area (Å²) in [6.07, 6.45) is -1.27. The fourth-order valence-electron chi connectivity index (χ4n) is 8.18. The summed E-state index contributed by atoms with van der Waals surface area (Å²) in [5.74, 6) is -3.80. The van der Waals surface area contributed by atoms with Gasteiger partial charge in [0.1, 0.15) is 35.5 Å². The molecule has 4 amide bonds. The number of amides is 4. The minimum atomic E-state index is -5.03. The lowest BCUT2D eigenvalue weighted by atomic mass is 9.86. The second-order valence-corrected chi connectivity index (χ2v) is 19.2. The minimum Gasteiger partial charge on any atom is -0.491 e. The molecule has 14 nitrogen and oxygen atoms in total. The topological polar surface area (TPSA) is 185 Å². The molecule has 6 rings (SSSR count). The minimum absolute atomic E-state index is 0.0570. The molecule has 3 N–H and O–H groups in total. The molecule has 0 radical (unpaired) electrons. The van der Waals surface area contributed by atoms with Crippen LogP contribution in [-0.2, 0) is 24.4 Å². The molecule has 58 heavy (non-hydrogen) atoms. The zero-order chi connectivity index (χ0) is 42.5. The fourth-order valence-corrected chi connectivity index (χ4v) is 9.49. The van der Waals surface area contributed by atoms with E-state index in [0.29, 0.717) is 49.1 Å². The van der Waals surface area contributed by atoms with Crippen molar-refractivity contribution in [2.75, 3.05) is 6.54 Å². The SMILES string of the molecule is CC(C)Oc1ccc2c(O[C@@H]3C[C@H]4C(=O)N[C@]5(C(=O)NS(=O)(=O)C6(C)CC6)C[C@H]5C=CCC[C@@H](C)C[C@@H](C)[C@H](N(C(=O)O)[C@H](C)C(F)(F)F)C(=O)N4C3)nccc2c1. The van der Waals surface area contributed by atoms with E-state index in [2.05, 4.69) is 15.0 Å². The number of fused-ring (bicyclic) bond motifs is 3. The van der Waals surface area contributed by atoms with Crippen LogP contribution in [0.15, 0.2) is 42.6 Å². The van der Waals surface area contributed by atoms with Crippen LogP contribution in [0, 0.1) is 17.8 Å². The van der Waals surface area contributed by atoms with E-state index < -0.39 is 86.4 Å². The summed E-state index contributed by atoms with van der Waals surface area (Å²) in [6, 6.07) is 1.11. The second-order valence-electron chi connectivity index (χ2n) is 17.0. The van der Waals surface area contributed by atoms with Crippen LogP contribution >= 0.6 is 0 Å². The van der Waals surface area contributed by atoms with Gasteiger partial charge in [0.15, 0.2) is 0 Å². The maximum Gasteiger partial charge on any atom is 0.408 e. The normalized spacial score (nSPS) is 29.3. The lowest BCUT2D eigenvalue weighted by Gasteiger charge is -2.40. The molecule has 18 heteroatoms. The van der Waals surface area contributed by atoms with Gasteiger partial charge in [0.25, 0.3) is 5.91 Å². The van der Waals surface area contributed by atoms with Crippen molar-refractivity contribution in [3.8, 4) is 11.6 Å². The molecule has 0 unspecified atom stereocenters. The van der Waals surface area contributed by atoms with Crippen LogP contribution in [0.4, 0.5) is 18.0 Å². The van der Waals surface area contributed by atoms with Gasteiger partial charge in [0.05, 0.1) is 17.4 Å². The number of alkyl halides is 3. The molecule has 3 heterocycles. The standard InChI is InChI=1S/C40H52F3N5O9S/c1-22(2)56-28-11-12-30-26(18-28)13-16-44-34(30)57-29-19-31-33(49)45-39(36(51)46-58(54,55)38(6)14-15-38)20-27(39)10-8-7-9-23(3)17-24(4)32(35(50)47(31)21-29)48(37(52)53)25(5)40(41,42)43/h8,10-13,16,18,22-25,27,29,31-32H,7,9,14-15,17,19-21H2,1-6H3,(H,45,49)(H,46,51)(H,52,53)/t23-,24-,25-,27-,29-,31+,32+,39-/m1/s1. The van der Waals surface area contributed by atoms with Gasteiger partial charge in [-0.3, -0.25) is 24.0 Å². The predicted molar refractivity (Wildman–Crippen MR) is 206 cm³/mol. The number of halogens is 3. The van der Waals surface area contributed by atoms with Gasteiger partial charge in [0, 0.05) is 23.9 Å². The van der Waals surface area contributed by atoms with E-state index in [1.165, 1.54) is 20.0 Å². The van der Waals surface area contributed by atoms with E-state index in [-0.39, 0.29) is 48.6 Å². The number of nitrogens with zero attached hydrogens (tertiary/aromatic N) is 3. The first-order chi connectivity index (χ1) is 27.1. The van der Waals surface area contributed by atoms with E-state index in [1.807, 2.05) is 26.8 Å². The molecule has 2 aliphatic heterocycles. The Hall–Kier alpha value is -4.61. The van der Waals surface area contributed by atoms with Gasteiger partial charge in [-0.2, -0.15) is 13.2 Å². The Morgan fingerprint density at radius 3 is 2.47 bits per heavy atom. The van der Waals surface area contributed by atoms with Crippen LogP contribution in [0.25, 0.3) is 10.8 Å². The molecular weight excluding hydrogens is 784 g/mol. The number of carbonyl (C=O) groups is 4. The van der Waals surface area contributed by atoms with Crippen LogP contribution in [0.5, 0.6) is 11.6 Å². The van der Waals surface area contributed by atoms with Gasteiger partial charge in [-0.05, 0) is 108 Å². The number of aromatic nitrogens is 1. The van der Waals surface area contributed by atoms with Crippen LogP contribution in [0.3, 0.4) is 0 Å². The van der Waals surface area contributed by atoms with Crippen molar-refractivity contribution in [2.45, 2.75) is 133 Å². The number of carbonyl (C=O) groups excluding carboxylic acids is 3. The lowest BCUT2D eigenvalue weighted by molar-refractivity contribution is -0.184. The Kier molecular flexibility index (Phi) is 11.8. The van der Waals surface area contributed by atoms with Gasteiger partial charge >= 0.3 is 12.3 Å². The molecule has 2 aromatic rings. The van der Waals surface area contributed by atoms with Crippen molar-refractivity contribution < 1.29 is 55.3 Å². The van der Waals surface area contributed by atoms with E-state index in [1.54, 1.807) is 30.3 Å². The summed E-state index contributed by atoms with van der Waals surface area (Å²) in [6.45, 7) is 9.00. The Bertz CT molecular complexity index is 2080. The summed E-state index contributed by atoms with van der Waals surface area (Å²) in [4.78, 5) is 61.6. The third kappa shape index (κ3) is 8.71. The molecule has 0 bridgehead atoms. The molecule has 4 aliphatic rings. The number of hydrogen-bond acceptors (Lipinski definition) is 9. The van der Waals surface area contributed by atoms with Gasteiger partial charge in [-0.25, -0.2) is 18.2 Å². The highest BCUT2D eigenvalue weighted by molar-refractivity contribution is 7.91. The van der Waals surface area contributed by atoms with Crippen LogP contribution in [0.2, 0.25) is 0 Å². The summed E-state index contributed by atoms with van der Waals surface area (Å²) in [7, 11) is -4.11. The number of nitrogens with one attached hydrogen (secondary N) is 2. The quantitative estimate of drug-likeness (QED) is 0.271. The van der Waals surface area contributed by atoms with Gasteiger partial charge in [-0.15, -0.1) is 0 Å². The third-order valence-electron chi connectivity index (χ3n) is 12.0. The van der Waals surface area contributed by atoms with Crippen molar-refractivity contribution in [1.29, 1.82) is 0 Å². The maximum atomic E-state index is 14.9. The van der Waals surface area contributed by atoms with E-state index >= 15 is 0 Å². The molecule has 0 spiro atoms. The smallest absolute Gasteiger partial charge is 0.408 e. The molecule has 8 atom stereocenters. The molecule has 2 saturated carbocycles. The number of ether oxygens (including phenoxy) is 2. The zero-order valence-electron chi connectivity index (χ0n) is 33.4. The Morgan fingerprint density at radius 2 is 1.83 bits per heavy atom. The van der Waals surface area contributed by atoms with Crippen molar-refractivity contribution in [2.24, 2.45) is 17.8 Å². The average molecular weight is 836 g/mol. The molecular formula is C40H52F3N5O9S.